The van der Waals surface area contributed by atoms with Crippen LogP contribution in [0.2, 0.25) is 0 Å². The van der Waals surface area contributed by atoms with E-state index in [0.29, 0.717) is 5.69 Å². The van der Waals surface area contributed by atoms with E-state index in [1.165, 1.54) is 30.0 Å². The van der Waals surface area contributed by atoms with Gasteiger partial charge in [0.05, 0.1) is 18.2 Å². The third-order valence-corrected chi connectivity index (χ3v) is 5.80. The molecule has 2 amide bonds. The number of carbonyl (C=O) groups is 2. The summed E-state index contributed by atoms with van der Waals surface area (Å²) in [6, 6.07) is 15.0. The first kappa shape index (κ1) is 20.0. The lowest BCUT2D eigenvalue weighted by Crippen LogP contribution is -2.29. The van der Waals surface area contributed by atoms with Gasteiger partial charge in [-0.3, -0.25) is 9.59 Å². The van der Waals surface area contributed by atoms with E-state index >= 15 is 0 Å². The first-order valence-corrected chi connectivity index (χ1v) is 10.4. The Kier molecular flexibility index (Phi) is 6.78. The molecule has 1 unspecified atom stereocenters. The molecule has 28 heavy (non-hydrogen) atoms. The SMILES string of the molecule is CC(=O)NC(CC(=O)Nc1ccccc1Sc1nncs1)c1ccc(C)cc1. The highest BCUT2D eigenvalue weighted by Gasteiger charge is 2.18. The number of anilines is 1. The lowest BCUT2D eigenvalue weighted by atomic mass is 10.0. The Labute approximate surface area is 171 Å². The first-order chi connectivity index (χ1) is 13.5. The maximum Gasteiger partial charge on any atom is 0.226 e. The number of amides is 2. The number of aryl methyl sites for hydroxylation is 1. The van der Waals surface area contributed by atoms with Crippen LogP contribution in [0.3, 0.4) is 0 Å². The Morgan fingerprint density at radius 2 is 1.89 bits per heavy atom. The average Bonchev–Trinajstić information content (AvgIpc) is 3.16. The Morgan fingerprint density at radius 1 is 1.14 bits per heavy atom. The summed E-state index contributed by atoms with van der Waals surface area (Å²) in [5.74, 6) is -0.352. The van der Waals surface area contributed by atoms with Crippen LogP contribution in [-0.4, -0.2) is 22.0 Å². The number of rotatable bonds is 7. The molecule has 2 N–H and O–H groups in total. The molecule has 0 spiro atoms. The minimum Gasteiger partial charge on any atom is -0.349 e. The van der Waals surface area contributed by atoms with Gasteiger partial charge in [-0.25, -0.2) is 0 Å². The molecule has 0 fully saturated rings. The summed E-state index contributed by atoms with van der Waals surface area (Å²) < 4.78 is 0.803. The fourth-order valence-corrected chi connectivity index (χ4v) is 4.16. The van der Waals surface area contributed by atoms with E-state index in [4.69, 9.17) is 0 Å². The van der Waals surface area contributed by atoms with Crippen molar-refractivity contribution in [2.45, 2.75) is 35.5 Å². The molecule has 0 saturated heterocycles. The van der Waals surface area contributed by atoms with Crippen LogP contribution in [-0.2, 0) is 9.59 Å². The van der Waals surface area contributed by atoms with Crippen molar-refractivity contribution < 1.29 is 9.59 Å². The van der Waals surface area contributed by atoms with Crippen molar-refractivity contribution in [1.82, 2.24) is 15.5 Å². The average molecular weight is 413 g/mol. The number of aromatic nitrogens is 2. The topological polar surface area (TPSA) is 84.0 Å². The Balaban J connectivity index is 1.72. The van der Waals surface area contributed by atoms with Crippen LogP contribution in [0.1, 0.15) is 30.5 Å². The van der Waals surface area contributed by atoms with E-state index in [-0.39, 0.29) is 24.3 Å². The van der Waals surface area contributed by atoms with Gasteiger partial charge >= 0.3 is 0 Å². The zero-order valence-electron chi connectivity index (χ0n) is 15.5. The second-order valence-electron chi connectivity index (χ2n) is 6.22. The summed E-state index contributed by atoms with van der Waals surface area (Å²) in [4.78, 5) is 25.2. The highest BCUT2D eigenvalue weighted by Crippen LogP contribution is 2.34. The monoisotopic (exact) mass is 412 g/mol. The maximum absolute atomic E-state index is 12.7. The number of benzene rings is 2. The summed E-state index contributed by atoms with van der Waals surface area (Å²) in [5, 5.41) is 13.7. The second-order valence-corrected chi connectivity index (χ2v) is 8.34. The normalized spacial score (nSPS) is 11.6. The Morgan fingerprint density at radius 3 is 2.57 bits per heavy atom. The molecule has 3 rings (SSSR count). The number of carbonyl (C=O) groups excluding carboxylic acids is 2. The van der Waals surface area contributed by atoms with E-state index < -0.39 is 0 Å². The molecular formula is C20H20N4O2S2. The zero-order chi connectivity index (χ0) is 19.9. The summed E-state index contributed by atoms with van der Waals surface area (Å²) >= 11 is 2.89. The molecule has 0 saturated carbocycles. The van der Waals surface area contributed by atoms with Crippen molar-refractivity contribution >= 4 is 40.6 Å². The van der Waals surface area contributed by atoms with Gasteiger partial charge in [0.15, 0.2) is 4.34 Å². The van der Waals surface area contributed by atoms with Gasteiger partial charge in [0, 0.05) is 11.8 Å². The third kappa shape index (κ3) is 5.64. The molecule has 3 aromatic rings. The summed E-state index contributed by atoms with van der Waals surface area (Å²) in [5.41, 5.74) is 4.39. The Bertz CT molecular complexity index is 943. The molecule has 144 valence electrons. The minimum absolute atomic E-state index is 0.139. The summed E-state index contributed by atoms with van der Waals surface area (Å²) in [6.07, 6.45) is 0.139. The van der Waals surface area contributed by atoms with Crippen molar-refractivity contribution in [3.05, 3.63) is 65.2 Å². The second kappa shape index (κ2) is 9.48. The summed E-state index contributed by atoms with van der Waals surface area (Å²) in [7, 11) is 0. The van der Waals surface area contributed by atoms with E-state index in [0.717, 1.165) is 20.4 Å². The van der Waals surface area contributed by atoms with Crippen LogP contribution in [0, 0.1) is 6.92 Å². The predicted molar refractivity (Wildman–Crippen MR) is 111 cm³/mol. The largest absolute Gasteiger partial charge is 0.349 e. The van der Waals surface area contributed by atoms with E-state index in [9.17, 15) is 9.59 Å². The van der Waals surface area contributed by atoms with E-state index in [1.807, 2.05) is 55.5 Å². The number of hydrogen-bond acceptors (Lipinski definition) is 6. The smallest absolute Gasteiger partial charge is 0.226 e. The van der Waals surface area contributed by atoms with Gasteiger partial charge in [0.25, 0.3) is 0 Å². The van der Waals surface area contributed by atoms with Crippen LogP contribution in [0.4, 0.5) is 5.69 Å². The molecule has 1 atom stereocenters. The predicted octanol–water partition coefficient (Wildman–Crippen LogP) is 4.20. The van der Waals surface area contributed by atoms with Gasteiger partial charge in [-0.05, 0) is 24.6 Å². The number of hydrogen-bond donors (Lipinski definition) is 2. The van der Waals surface area contributed by atoms with Gasteiger partial charge in [-0.2, -0.15) is 0 Å². The summed E-state index contributed by atoms with van der Waals surface area (Å²) in [6.45, 7) is 3.45. The molecule has 0 radical (unpaired) electrons. The number of para-hydroxylation sites is 1. The first-order valence-electron chi connectivity index (χ1n) is 8.68. The molecule has 1 heterocycles. The molecule has 6 nitrogen and oxygen atoms in total. The molecule has 0 aliphatic carbocycles. The van der Waals surface area contributed by atoms with E-state index in [2.05, 4.69) is 20.8 Å². The van der Waals surface area contributed by atoms with Gasteiger partial charge in [-0.1, -0.05) is 65.1 Å². The molecule has 2 aromatic carbocycles. The zero-order valence-corrected chi connectivity index (χ0v) is 17.1. The van der Waals surface area contributed by atoms with Crippen LogP contribution in [0.15, 0.2) is 63.3 Å². The molecular weight excluding hydrogens is 392 g/mol. The van der Waals surface area contributed by atoms with Crippen LogP contribution in [0.5, 0.6) is 0 Å². The highest BCUT2D eigenvalue weighted by molar-refractivity contribution is 8.01. The standard InChI is InChI=1S/C20H20N4O2S2/c1-13-7-9-15(10-8-13)17(22-14(2)25)11-19(26)23-16-5-3-4-6-18(16)28-20-24-21-12-27-20/h3-10,12,17H,11H2,1-2H3,(H,22,25)(H,23,26). The highest BCUT2D eigenvalue weighted by atomic mass is 32.2. The molecule has 0 aliphatic heterocycles. The fourth-order valence-electron chi connectivity index (χ4n) is 2.64. The van der Waals surface area contributed by atoms with Crippen LogP contribution in [0.25, 0.3) is 0 Å². The molecule has 8 heteroatoms. The van der Waals surface area contributed by atoms with Crippen molar-refractivity contribution in [2.24, 2.45) is 0 Å². The lowest BCUT2D eigenvalue weighted by Gasteiger charge is -2.19. The van der Waals surface area contributed by atoms with Crippen LogP contribution >= 0.6 is 23.1 Å². The van der Waals surface area contributed by atoms with Gasteiger partial charge < -0.3 is 10.6 Å². The quantitative estimate of drug-likeness (QED) is 0.607. The minimum atomic E-state index is -0.388. The molecule has 1 aromatic heterocycles. The fraction of sp³-hybridized carbons (Fsp3) is 0.200. The molecule has 0 aliphatic rings. The van der Waals surface area contributed by atoms with Gasteiger partial charge in [0.2, 0.25) is 11.8 Å². The number of nitrogens with one attached hydrogen (secondary N) is 2. The molecule has 0 bridgehead atoms. The lowest BCUT2D eigenvalue weighted by molar-refractivity contribution is -0.120. The van der Waals surface area contributed by atoms with Gasteiger partial charge in [-0.15, -0.1) is 10.2 Å². The third-order valence-electron chi connectivity index (χ3n) is 3.95. The van der Waals surface area contributed by atoms with Crippen molar-refractivity contribution in [2.75, 3.05) is 5.32 Å². The maximum atomic E-state index is 12.7. The van der Waals surface area contributed by atoms with Crippen molar-refractivity contribution in [3.8, 4) is 0 Å². The van der Waals surface area contributed by atoms with E-state index in [1.54, 1.807) is 5.51 Å². The number of nitrogens with zero attached hydrogens (tertiary/aromatic N) is 2. The van der Waals surface area contributed by atoms with Crippen molar-refractivity contribution in [1.29, 1.82) is 0 Å². The van der Waals surface area contributed by atoms with Gasteiger partial charge in [0.1, 0.15) is 5.51 Å². The van der Waals surface area contributed by atoms with Crippen LogP contribution < -0.4 is 10.6 Å². The Hall–Kier alpha value is -2.71. The van der Waals surface area contributed by atoms with Crippen molar-refractivity contribution in [3.63, 3.8) is 0 Å².